The minimum absolute atomic E-state index is 0.414. The van der Waals surface area contributed by atoms with Crippen molar-refractivity contribution in [1.82, 2.24) is 0 Å². The Bertz CT molecular complexity index is 403. The first-order valence-corrected chi connectivity index (χ1v) is 5.91. The van der Waals surface area contributed by atoms with Crippen LogP contribution in [-0.4, -0.2) is 25.7 Å². The van der Waals surface area contributed by atoms with Crippen molar-refractivity contribution < 1.29 is 14.3 Å². The second-order valence-electron chi connectivity index (χ2n) is 3.65. The van der Waals surface area contributed by atoms with Gasteiger partial charge in [0.2, 0.25) is 0 Å². The molecule has 0 saturated heterocycles. The van der Waals surface area contributed by atoms with Crippen molar-refractivity contribution in [2.75, 3.05) is 13.7 Å². The van der Waals surface area contributed by atoms with E-state index in [1.165, 1.54) is 12.6 Å². The monoisotopic (exact) mass is 269 g/mol. The zero-order valence-electron chi connectivity index (χ0n) is 10.1. The van der Waals surface area contributed by atoms with Crippen molar-refractivity contribution in [3.05, 3.63) is 41.4 Å². The van der Waals surface area contributed by atoms with Crippen molar-refractivity contribution in [3.8, 4) is 5.75 Å². The fraction of sp³-hybridized carbons (Fsp3) is 0.308. The Hall–Kier alpha value is -1.52. The van der Waals surface area contributed by atoms with Crippen LogP contribution in [0.2, 0.25) is 0 Å². The average Bonchev–Trinajstić information content (AvgIpc) is 2.40. The van der Waals surface area contributed by atoms with Gasteiger partial charge in [-0.3, -0.25) is 4.79 Å². The number of methoxy groups -OCH3 is 1. The van der Waals surface area contributed by atoms with Crippen LogP contribution in [0.1, 0.15) is 5.56 Å². The van der Waals surface area contributed by atoms with Gasteiger partial charge in [0, 0.05) is 5.54 Å². The molecule has 98 valence electrons. The van der Waals surface area contributed by atoms with Crippen LogP contribution >= 0.6 is 11.6 Å². The molecule has 1 aromatic rings. The van der Waals surface area contributed by atoms with E-state index in [4.69, 9.17) is 22.1 Å². The predicted octanol–water partition coefficient (Wildman–Crippen LogP) is 1.86. The third-order valence-electron chi connectivity index (χ3n) is 2.32. The van der Waals surface area contributed by atoms with Crippen molar-refractivity contribution in [3.63, 3.8) is 0 Å². The van der Waals surface area contributed by atoms with Gasteiger partial charge < -0.3 is 15.2 Å². The highest BCUT2D eigenvalue weighted by Crippen LogP contribution is 2.13. The van der Waals surface area contributed by atoms with Gasteiger partial charge in [-0.15, -0.1) is 0 Å². The minimum atomic E-state index is -0.638. The van der Waals surface area contributed by atoms with Crippen LogP contribution in [0.4, 0.5) is 0 Å². The molecule has 0 radical (unpaired) electrons. The Kier molecular flexibility index (Phi) is 6.25. The van der Waals surface area contributed by atoms with Crippen LogP contribution in [0.15, 0.2) is 35.9 Å². The SMILES string of the molecule is COC(=O)C(N)Cc1ccc(OCC=CCl)cc1. The first-order chi connectivity index (χ1) is 8.67. The molecule has 1 aromatic carbocycles. The molecule has 0 aliphatic heterocycles. The smallest absolute Gasteiger partial charge is 0.322 e. The van der Waals surface area contributed by atoms with Crippen LogP contribution in [-0.2, 0) is 16.0 Å². The molecule has 0 aliphatic rings. The Morgan fingerprint density at radius 1 is 1.44 bits per heavy atom. The summed E-state index contributed by atoms with van der Waals surface area (Å²) in [5.74, 6) is 0.322. The van der Waals surface area contributed by atoms with Gasteiger partial charge in [-0.25, -0.2) is 0 Å². The Labute approximate surface area is 111 Å². The molecule has 4 nitrogen and oxygen atoms in total. The van der Waals surface area contributed by atoms with E-state index < -0.39 is 12.0 Å². The standard InChI is InChI=1S/C13H16ClNO3/c1-17-13(16)12(15)9-10-3-5-11(6-4-10)18-8-2-7-14/h2-7,12H,8-9,15H2,1H3. The topological polar surface area (TPSA) is 61.5 Å². The number of nitrogens with two attached hydrogens (primary N) is 1. The summed E-state index contributed by atoms with van der Waals surface area (Å²) >= 11 is 5.38. The maximum Gasteiger partial charge on any atom is 0.322 e. The molecule has 1 atom stereocenters. The highest BCUT2D eigenvalue weighted by atomic mass is 35.5. The predicted molar refractivity (Wildman–Crippen MR) is 70.6 cm³/mol. The molecule has 0 spiro atoms. The summed E-state index contributed by atoms with van der Waals surface area (Å²) in [6.07, 6.45) is 2.14. The van der Waals surface area contributed by atoms with Gasteiger partial charge in [-0.1, -0.05) is 23.7 Å². The van der Waals surface area contributed by atoms with Crippen LogP contribution in [0.3, 0.4) is 0 Å². The summed E-state index contributed by atoms with van der Waals surface area (Å²) in [5, 5.41) is 0. The van der Waals surface area contributed by atoms with E-state index in [9.17, 15) is 4.79 Å². The number of carbonyl (C=O) groups excluding carboxylic acids is 1. The summed E-state index contributed by atoms with van der Waals surface area (Å²) in [5.41, 5.74) is 8.02. The molecule has 0 aliphatic carbocycles. The van der Waals surface area contributed by atoms with Gasteiger partial charge in [-0.2, -0.15) is 0 Å². The maximum atomic E-state index is 11.2. The lowest BCUT2D eigenvalue weighted by Gasteiger charge is -2.09. The summed E-state index contributed by atoms with van der Waals surface area (Å²) < 4.78 is 9.95. The third-order valence-corrected chi connectivity index (χ3v) is 2.50. The van der Waals surface area contributed by atoms with Gasteiger partial charge in [0.05, 0.1) is 7.11 Å². The molecule has 0 bridgehead atoms. The summed E-state index contributed by atoms with van der Waals surface area (Å²) in [4.78, 5) is 11.2. The van der Waals surface area contributed by atoms with Crippen molar-refractivity contribution in [2.45, 2.75) is 12.5 Å². The lowest BCUT2D eigenvalue weighted by atomic mass is 10.1. The van der Waals surface area contributed by atoms with Crippen LogP contribution in [0.5, 0.6) is 5.75 Å². The number of carbonyl (C=O) groups is 1. The second-order valence-corrected chi connectivity index (χ2v) is 3.90. The third kappa shape index (κ3) is 4.77. The fourth-order valence-corrected chi connectivity index (χ4v) is 1.46. The van der Waals surface area contributed by atoms with E-state index >= 15 is 0 Å². The van der Waals surface area contributed by atoms with E-state index in [1.807, 2.05) is 24.3 Å². The van der Waals surface area contributed by atoms with Crippen LogP contribution < -0.4 is 10.5 Å². The highest BCUT2D eigenvalue weighted by Gasteiger charge is 2.13. The lowest BCUT2D eigenvalue weighted by molar-refractivity contribution is -0.142. The van der Waals surface area contributed by atoms with Crippen molar-refractivity contribution >= 4 is 17.6 Å². The molecule has 18 heavy (non-hydrogen) atoms. The molecular weight excluding hydrogens is 254 g/mol. The first kappa shape index (κ1) is 14.5. The molecule has 0 amide bonds. The van der Waals surface area contributed by atoms with E-state index in [1.54, 1.807) is 6.08 Å². The minimum Gasteiger partial charge on any atom is -0.490 e. The number of halogens is 1. The van der Waals surface area contributed by atoms with Crippen molar-refractivity contribution in [2.24, 2.45) is 5.73 Å². The Morgan fingerprint density at radius 2 is 2.11 bits per heavy atom. The number of esters is 1. The number of hydrogen-bond acceptors (Lipinski definition) is 4. The number of hydrogen-bond donors (Lipinski definition) is 1. The quantitative estimate of drug-likeness (QED) is 0.801. The molecule has 0 heterocycles. The molecule has 1 unspecified atom stereocenters. The van der Waals surface area contributed by atoms with Crippen molar-refractivity contribution in [1.29, 1.82) is 0 Å². The second kappa shape index (κ2) is 7.74. The van der Waals surface area contributed by atoms with Gasteiger partial charge >= 0.3 is 5.97 Å². The highest BCUT2D eigenvalue weighted by molar-refractivity contribution is 6.25. The van der Waals surface area contributed by atoms with Crippen LogP contribution in [0, 0.1) is 0 Å². The number of rotatable bonds is 6. The van der Waals surface area contributed by atoms with Gasteiger partial charge in [0.25, 0.3) is 0 Å². The van der Waals surface area contributed by atoms with Gasteiger partial charge in [0.1, 0.15) is 18.4 Å². The largest absolute Gasteiger partial charge is 0.490 e. The van der Waals surface area contributed by atoms with Crippen LogP contribution in [0.25, 0.3) is 0 Å². The Balaban J connectivity index is 2.52. The van der Waals surface area contributed by atoms with E-state index in [0.717, 1.165) is 11.3 Å². The normalized spacial score (nSPS) is 12.4. The molecule has 0 fully saturated rings. The number of benzene rings is 1. The van der Waals surface area contributed by atoms with Gasteiger partial charge in [-0.05, 0) is 30.2 Å². The molecule has 0 aromatic heterocycles. The maximum absolute atomic E-state index is 11.2. The first-order valence-electron chi connectivity index (χ1n) is 5.47. The fourth-order valence-electron chi connectivity index (χ4n) is 1.39. The zero-order chi connectivity index (χ0) is 13.4. The van der Waals surface area contributed by atoms with E-state index in [0.29, 0.717) is 13.0 Å². The molecule has 5 heteroatoms. The zero-order valence-corrected chi connectivity index (χ0v) is 10.9. The van der Waals surface area contributed by atoms with E-state index in [-0.39, 0.29) is 0 Å². The lowest BCUT2D eigenvalue weighted by Crippen LogP contribution is -2.33. The molecule has 1 rings (SSSR count). The Morgan fingerprint density at radius 3 is 2.67 bits per heavy atom. The summed E-state index contributed by atoms with van der Waals surface area (Å²) in [7, 11) is 1.32. The average molecular weight is 270 g/mol. The number of ether oxygens (including phenoxy) is 2. The summed E-state index contributed by atoms with van der Waals surface area (Å²) in [6, 6.07) is 6.73. The summed E-state index contributed by atoms with van der Waals surface area (Å²) in [6.45, 7) is 0.421. The van der Waals surface area contributed by atoms with Gasteiger partial charge in [0.15, 0.2) is 0 Å². The molecular formula is C13H16ClNO3. The van der Waals surface area contributed by atoms with E-state index in [2.05, 4.69) is 4.74 Å². The molecule has 2 N–H and O–H groups in total. The molecule has 0 saturated carbocycles.